The molecule has 28 heavy (non-hydrogen) atoms. The van der Waals surface area contributed by atoms with Crippen LogP contribution >= 0.6 is 0 Å². The molecule has 6 nitrogen and oxygen atoms in total. The summed E-state index contributed by atoms with van der Waals surface area (Å²) in [6.45, 7) is 1.79. The predicted octanol–water partition coefficient (Wildman–Crippen LogP) is 3.00. The Morgan fingerprint density at radius 2 is 1.75 bits per heavy atom. The molecule has 1 aromatic heterocycles. The Balaban J connectivity index is 1.49. The molecule has 1 saturated carbocycles. The number of amides is 3. The van der Waals surface area contributed by atoms with Crippen molar-refractivity contribution < 1.29 is 18.8 Å². The van der Waals surface area contributed by atoms with Gasteiger partial charge in [-0.05, 0) is 48.9 Å². The van der Waals surface area contributed by atoms with Crippen LogP contribution in [0.4, 0.5) is 5.69 Å². The highest BCUT2D eigenvalue weighted by molar-refractivity contribution is 6.09. The summed E-state index contributed by atoms with van der Waals surface area (Å²) in [4.78, 5) is 42.0. The number of aryl methyl sites for hydroxylation is 1. The van der Waals surface area contributed by atoms with Crippen LogP contribution in [0.5, 0.6) is 0 Å². The monoisotopic (exact) mass is 376 g/mol. The van der Waals surface area contributed by atoms with E-state index in [-0.39, 0.29) is 53.8 Å². The molecule has 1 saturated heterocycles. The van der Waals surface area contributed by atoms with Gasteiger partial charge >= 0.3 is 0 Å². The van der Waals surface area contributed by atoms with Gasteiger partial charge < -0.3 is 4.42 Å². The lowest BCUT2D eigenvalue weighted by molar-refractivity contribution is -0.140. The maximum absolute atomic E-state index is 13.1. The average molecular weight is 376 g/mol. The second-order valence-corrected chi connectivity index (χ2v) is 7.74. The maximum Gasteiger partial charge on any atom is 0.295 e. The molecule has 3 amide bonds. The van der Waals surface area contributed by atoms with Crippen LogP contribution in [0, 0.1) is 30.6 Å². The fourth-order valence-corrected chi connectivity index (χ4v) is 4.89. The lowest BCUT2D eigenvalue weighted by Gasteiger charge is -2.28. The summed E-state index contributed by atoms with van der Waals surface area (Å²) in [5.41, 5.74) is 1.53. The molecule has 0 unspecified atom stereocenters. The second kappa shape index (κ2) is 6.19. The van der Waals surface area contributed by atoms with Gasteiger partial charge in [0.25, 0.3) is 5.91 Å². The van der Waals surface area contributed by atoms with Crippen LogP contribution in [-0.4, -0.2) is 29.3 Å². The van der Waals surface area contributed by atoms with Crippen LogP contribution in [-0.2, 0) is 9.59 Å². The van der Waals surface area contributed by atoms with Crippen LogP contribution < -0.4 is 4.90 Å². The first-order valence-corrected chi connectivity index (χ1v) is 9.51. The molecule has 3 aliphatic rings. The van der Waals surface area contributed by atoms with Crippen molar-refractivity contribution in [2.45, 2.75) is 13.3 Å². The molecule has 0 spiro atoms. The van der Waals surface area contributed by atoms with Crippen molar-refractivity contribution in [1.29, 1.82) is 0 Å². The fourth-order valence-electron chi connectivity index (χ4n) is 4.89. The number of nitrogens with zero attached hydrogens (tertiary/aromatic N) is 2. The Morgan fingerprint density at radius 1 is 1.07 bits per heavy atom. The molecule has 2 aromatic rings. The van der Waals surface area contributed by atoms with Gasteiger partial charge in [0.2, 0.25) is 11.8 Å². The first kappa shape index (κ1) is 17.0. The number of likely N-dealkylation sites (tertiary alicyclic amines) is 1. The zero-order valence-corrected chi connectivity index (χ0v) is 15.4. The van der Waals surface area contributed by atoms with Gasteiger partial charge in [-0.1, -0.05) is 30.4 Å². The fraction of sp³-hybridized carbons (Fsp3) is 0.318. The molecular formula is C22H20N2O4. The summed E-state index contributed by atoms with van der Waals surface area (Å²) in [5, 5.41) is 0. The maximum atomic E-state index is 13.1. The van der Waals surface area contributed by atoms with Gasteiger partial charge in [0, 0.05) is 5.69 Å². The van der Waals surface area contributed by atoms with Gasteiger partial charge in [0.05, 0.1) is 18.1 Å². The predicted molar refractivity (Wildman–Crippen MR) is 101 cm³/mol. The molecule has 142 valence electrons. The second-order valence-electron chi connectivity index (χ2n) is 7.74. The van der Waals surface area contributed by atoms with Gasteiger partial charge in [-0.3, -0.25) is 24.2 Å². The van der Waals surface area contributed by atoms with Gasteiger partial charge in [0.1, 0.15) is 6.67 Å². The van der Waals surface area contributed by atoms with E-state index in [1.807, 2.05) is 31.2 Å². The molecule has 5 rings (SSSR count). The molecule has 6 heteroatoms. The molecule has 2 heterocycles. The first-order chi connectivity index (χ1) is 13.6. The Labute approximate surface area is 162 Å². The van der Waals surface area contributed by atoms with Crippen molar-refractivity contribution in [2.24, 2.45) is 23.7 Å². The van der Waals surface area contributed by atoms with Crippen LogP contribution in [0.3, 0.4) is 0 Å². The van der Waals surface area contributed by atoms with E-state index in [0.717, 1.165) is 12.0 Å². The van der Waals surface area contributed by atoms with Crippen molar-refractivity contribution in [1.82, 2.24) is 4.90 Å². The van der Waals surface area contributed by atoms with Crippen molar-refractivity contribution in [3.63, 3.8) is 0 Å². The zero-order chi connectivity index (χ0) is 19.4. The lowest BCUT2D eigenvalue weighted by Crippen LogP contribution is -2.45. The molecule has 2 fully saturated rings. The smallest absolute Gasteiger partial charge is 0.295 e. The highest BCUT2D eigenvalue weighted by Crippen LogP contribution is 2.52. The Hall–Kier alpha value is -3.15. The van der Waals surface area contributed by atoms with E-state index in [4.69, 9.17) is 4.42 Å². The molecule has 0 radical (unpaired) electrons. The summed E-state index contributed by atoms with van der Waals surface area (Å²) in [6.07, 6.45) is 6.44. The van der Waals surface area contributed by atoms with Gasteiger partial charge in [-0.25, -0.2) is 0 Å². The van der Waals surface area contributed by atoms with Crippen LogP contribution in [0.25, 0.3) is 0 Å². The number of para-hydroxylation sites is 1. The summed E-state index contributed by atoms with van der Waals surface area (Å²) in [5.74, 6) is -0.814. The largest absolute Gasteiger partial charge is 0.459 e. The summed E-state index contributed by atoms with van der Waals surface area (Å²) < 4.78 is 5.28. The number of furan rings is 1. The third-order valence-electron chi connectivity index (χ3n) is 6.23. The zero-order valence-electron chi connectivity index (χ0n) is 15.4. The number of allylic oxidation sites excluding steroid dienone is 2. The summed E-state index contributed by atoms with van der Waals surface area (Å²) in [7, 11) is 0. The Bertz CT molecular complexity index is 964. The van der Waals surface area contributed by atoms with Gasteiger partial charge in [-0.2, -0.15) is 0 Å². The molecule has 4 atom stereocenters. The van der Waals surface area contributed by atoms with E-state index in [0.29, 0.717) is 5.69 Å². The van der Waals surface area contributed by atoms with Crippen LogP contribution in [0.1, 0.15) is 22.5 Å². The quantitative estimate of drug-likeness (QED) is 0.608. The average Bonchev–Trinajstić information content (AvgIpc) is 3.47. The number of imide groups is 1. The van der Waals surface area contributed by atoms with Crippen molar-refractivity contribution in [3.8, 4) is 0 Å². The van der Waals surface area contributed by atoms with E-state index < -0.39 is 0 Å². The van der Waals surface area contributed by atoms with E-state index in [2.05, 4.69) is 12.2 Å². The number of rotatable bonds is 4. The van der Waals surface area contributed by atoms with Crippen molar-refractivity contribution in [2.75, 3.05) is 11.6 Å². The molecule has 2 aliphatic carbocycles. The number of fused-ring (bicyclic) bond motifs is 5. The minimum absolute atomic E-state index is 0.103. The SMILES string of the molecule is Cc1ccccc1N(CN1C(=O)[C@@H]2[C@@H](C1=O)[C@H]1C=C[C@H]2C1)C(=O)c1ccco1. The summed E-state index contributed by atoms with van der Waals surface area (Å²) in [6, 6.07) is 10.6. The topological polar surface area (TPSA) is 70.8 Å². The third kappa shape index (κ3) is 2.37. The summed E-state index contributed by atoms with van der Waals surface area (Å²) >= 11 is 0. The highest BCUT2D eigenvalue weighted by atomic mass is 16.3. The number of hydrogen-bond donors (Lipinski definition) is 0. The van der Waals surface area contributed by atoms with Crippen molar-refractivity contribution >= 4 is 23.4 Å². The third-order valence-corrected chi connectivity index (χ3v) is 6.23. The van der Waals surface area contributed by atoms with Gasteiger partial charge in [0.15, 0.2) is 5.76 Å². The van der Waals surface area contributed by atoms with E-state index in [9.17, 15) is 14.4 Å². The molecular weight excluding hydrogens is 356 g/mol. The highest BCUT2D eigenvalue weighted by Gasteiger charge is 2.59. The first-order valence-electron chi connectivity index (χ1n) is 9.51. The van der Waals surface area contributed by atoms with Crippen LogP contribution in [0.2, 0.25) is 0 Å². The minimum Gasteiger partial charge on any atom is -0.459 e. The normalized spacial score (nSPS) is 27.5. The number of carbonyl (C=O) groups is 3. The van der Waals surface area contributed by atoms with E-state index in [1.54, 1.807) is 12.1 Å². The number of carbonyl (C=O) groups excluding carboxylic acids is 3. The van der Waals surface area contributed by atoms with E-state index in [1.165, 1.54) is 16.1 Å². The molecule has 1 aromatic carbocycles. The molecule has 2 bridgehead atoms. The van der Waals surface area contributed by atoms with Gasteiger partial charge in [-0.15, -0.1) is 0 Å². The minimum atomic E-state index is -0.377. The standard InChI is InChI=1S/C22H20N2O4/c1-13-5-2-3-6-16(13)23(20(25)17-7-4-10-28-17)12-24-21(26)18-14-8-9-15(11-14)19(18)22(24)27/h2-10,14-15,18-19H,11-12H2,1H3/t14-,15-,18-,19-/m0/s1. The van der Waals surface area contributed by atoms with E-state index >= 15 is 0 Å². The molecule has 0 N–H and O–H groups in total. The Morgan fingerprint density at radius 3 is 2.36 bits per heavy atom. The lowest BCUT2D eigenvalue weighted by atomic mass is 9.85. The number of anilines is 1. The van der Waals surface area contributed by atoms with Crippen LogP contribution in [0.15, 0.2) is 59.2 Å². The number of hydrogen-bond acceptors (Lipinski definition) is 4. The molecule has 1 aliphatic heterocycles. The van der Waals surface area contributed by atoms with Crippen molar-refractivity contribution in [3.05, 3.63) is 66.1 Å². The number of benzene rings is 1. The Kier molecular flexibility index (Phi) is 3.75.